The number of hydrogen-bond donors (Lipinski definition) is 1. The van der Waals surface area contributed by atoms with Crippen LogP contribution in [0.1, 0.15) is 12.6 Å². The molecule has 0 unspecified atom stereocenters. The number of nitrogens with zero attached hydrogens (tertiary/aromatic N) is 1. The van der Waals surface area contributed by atoms with Crippen LogP contribution in [0, 0.1) is 0 Å². The van der Waals surface area contributed by atoms with Gasteiger partial charge in [-0.15, -0.1) is 0 Å². The van der Waals surface area contributed by atoms with E-state index in [4.69, 9.17) is 27.7 Å². The van der Waals surface area contributed by atoms with Gasteiger partial charge in [-0.25, -0.2) is 0 Å². The molecule has 17 heavy (non-hydrogen) atoms. The second-order valence-corrected chi connectivity index (χ2v) is 4.43. The average molecular weight is 271 g/mol. The van der Waals surface area contributed by atoms with E-state index in [1.165, 1.54) is 0 Å². The molecule has 0 radical (unpaired) electrons. The van der Waals surface area contributed by atoms with E-state index in [1.807, 2.05) is 13.0 Å². The summed E-state index contributed by atoms with van der Waals surface area (Å²) in [6.45, 7) is 3.60. The summed E-state index contributed by atoms with van der Waals surface area (Å²) in [5, 5.41) is 8.35. The lowest BCUT2D eigenvalue weighted by molar-refractivity contribution is 0.420. The topological polar surface area (TPSA) is 38.1 Å². The maximum absolute atomic E-state index is 6.08. The number of halogens is 2. The Morgan fingerprint density at radius 3 is 2.88 bits per heavy atom. The second kappa shape index (κ2) is 5.54. The van der Waals surface area contributed by atoms with Gasteiger partial charge in [0.1, 0.15) is 0 Å². The van der Waals surface area contributed by atoms with E-state index >= 15 is 0 Å². The van der Waals surface area contributed by atoms with Crippen LogP contribution in [0.15, 0.2) is 28.8 Å². The summed E-state index contributed by atoms with van der Waals surface area (Å²) >= 11 is 12.0. The summed E-state index contributed by atoms with van der Waals surface area (Å²) in [5.74, 6) is 0.630. The maximum Gasteiger partial charge on any atom is 0.168 e. The van der Waals surface area contributed by atoms with Crippen LogP contribution in [-0.2, 0) is 6.54 Å². The Morgan fingerprint density at radius 1 is 1.29 bits per heavy atom. The van der Waals surface area contributed by atoms with Gasteiger partial charge in [0.25, 0.3) is 0 Å². The molecule has 0 amide bonds. The van der Waals surface area contributed by atoms with Crippen LogP contribution in [0.3, 0.4) is 0 Å². The number of benzene rings is 1. The van der Waals surface area contributed by atoms with Gasteiger partial charge in [0.05, 0.1) is 10.7 Å². The molecular weight excluding hydrogens is 259 g/mol. The first-order valence-corrected chi connectivity index (χ1v) is 6.08. The van der Waals surface area contributed by atoms with Gasteiger partial charge in [0, 0.05) is 23.2 Å². The first kappa shape index (κ1) is 12.4. The third kappa shape index (κ3) is 3.00. The highest BCUT2D eigenvalue weighted by Gasteiger charge is 2.10. The molecule has 1 aromatic heterocycles. The zero-order valence-corrected chi connectivity index (χ0v) is 10.8. The minimum atomic E-state index is 0.598. The van der Waals surface area contributed by atoms with Gasteiger partial charge in [0.15, 0.2) is 5.76 Å². The average Bonchev–Trinajstić information content (AvgIpc) is 2.78. The molecule has 2 aromatic rings. The lowest BCUT2D eigenvalue weighted by atomic mass is 10.1. The maximum atomic E-state index is 6.08. The fourth-order valence-electron chi connectivity index (χ4n) is 1.46. The zero-order valence-electron chi connectivity index (χ0n) is 9.34. The summed E-state index contributed by atoms with van der Waals surface area (Å²) in [4.78, 5) is 0. The van der Waals surface area contributed by atoms with Crippen molar-refractivity contribution in [2.75, 3.05) is 6.54 Å². The smallest absolute Gasteiger partial charge is 0.168 e. The molecule has 90 valence electrons. The van der Waals surface area contributed by atoms with E-state index in [2.05, 4.69) is 10.5 Å². The highest BCUT2D eigenvalue weighted by molar-refractivity contribution is 6.35. The number of aromatic nitrogens is 1. The first-order valence-electron chi connectivity index (χ1n) is 5.32. The van der Waals surface area contributed by atoms with Crippen LogP contribution >= 0.6 is 23.2 Å². The molecule has 0 saturated heterocycles. The lowest BCUT2D eigenvalue weighted by Gasteiger charge is -1.99. The molecule has 0 spiro atoms. The third-order valence-electron chi connectivity index (χ3n) is 2.31. The van der Waals surface area contributed by atoms with Crippen molar-refractivity contribution in [3.63, 3.8) is 0 Å². The van der Waals surface area contributed by atoms with Crippen LogP contribution in [0.25, 0.3) is 11.3 Å². The van der Waals surface area contributed by atoms with Crippen molar-refractivity contribution in [3.8, 4) is 11.3 Å². The molecule has 1 heterocycles. The van der Waals surface area contributed by atoms with Crippen molar-refractivity contribution in [3.05, 3.63) is 40.0 Å². The van der Waals surface area contributed by atoms with Crippen molar-refractivity contribution in [2.45, 2.75) is 13.5 Å². The molecule has 0 aliphatic rings. The van der Waals surface area contributed by atoms with Crippen molar-refractivity contribution in [1.82, 2.24) is 10.5 Å². The van der Waals surface area contributed by atoms with Crippen LogP contribution < -0.4 is 5.32 Å². The number of hydrogen-bond acceptors (Lipinski definition) is 3. The van der Waals surface area contributed by atoms with E-state index < -0.39 is 0 Å². The van der Waals surface area contributed by atoms with Gasteiger partial charge in [-0.2, -0.15) is 0 Å². The standard InChI is InChI=1S/C12H12Cl2N2O/c1-2-15-7-9-6-12(17-16-9)10-5-8(13)3-4-11(10)14/h3-6,15H,2,7H2,1H3. The highest BCUT2D eigenvalue weighted by atomic mass is 35.5. The summed E-state index contributed by atoms with van der Waals surface area (Å²) in [7, 11) is 0. The van der Waals surface area contributed by atoms with E-state index in [-0.39, 0.29) is 0 Å². The van der Waals surface area contributed by atoms with Gasteiger partial charge in [0.2, 0.25) is 0 Å². The fraction of sp³-hybridized carbons (Fsp3) is 0.250. The highest BCUT2D eigenvalue weighted by Crippen LogP contribution is 2.30. The molecule has 2 rings (SSSR count). The van der Waals surface area contributed by atoms with Crippen LogP contribution in [-0.4, -0.2) is 11.7 Å². The first-order chi connectivity index (χ1) is 8.20. The molecule has 0 atom stereocenters. The van der Waals surface area contributed by atoms with Gasteiger partial charge in [-0.05, 0) is 24.7 Å². The molecular formula is C12H12Cl2N2O. The molecule has 0 saturated carbocycles. The Kier molecular flexibility index (Phi) is 4.05. The van der Waals surface area contributed by atoms with E-state index in [1.54, 1.807) is 18.2 Å². The second-order valence-electron chi connectivity index (χ2n) is 3.59. The van der Waals surface area contributed by atoms with Crippen molar-refractivity contribution < 1.29 is 4.52 Å². The van der Waals surface area contributed by atoms with Crippen LogP contribution in [0.2, 0.25) is 10.0 Å². The molecule has 0 aliphatic heterocycles. The molecule has 1 N–H and O–H groups in total. The molecule has 3 nitrogen and oxygen atoms in total. The van der Waals surface area contributed by atoms with E-state index in [0.29, 0.717) is 22.4 Å². The van der Waals surface area contributed by atoms with Gasteiger partial charge < -0.3 is 9.84 Å². The SMILES string of the molecule is CCNCc1cc(-c2cc(Cl)ccc2Cl)on1. The predicted octanol–water partition coefficient (Wildman–Crippen LogP) is 3.76. The minimum absolute atomic E-state index is 0.598. The Morgan fingerprint density at radius 2 is 2.12 bits per heavy atom. The normalized spacial score (nSPS) is 10.8. The predicted molar refractivity (Wildman–Crippen MR) is 69.3 cm³/mol. The Hall–Kier alpha value is -1.03. The van der Waals surface area contributed by atoms with Crippen molar-refractivity contribution in [2.24, 2.45) is 0 Å². The van der Waals surface area contributed by atoms with Gasteiger partial charge >= 0.3 is 0 Å². The van der Waals surface area contributed by atoms with E-state index in [9.17, 15) is 0 Å². The molecule has 5 heteroatoms. The van der Waals surface area contributed by atoms with Crippen molar-refractivity contribution in [1.29, 1.82) is 0 Å². The Bertz CT molecular complexity index is 511. The molecule has 0 aliphatic carbocycles. The lowest BCUT2D eigenvalue weighted by Crippen LogP contribution is -2.11. The Labute approximate surface area is 110 Å². The number of rotatable bonds is 4. The van der Waals surface area contributed by atoms with Crippen molar-refractivity contribution >= 4 is 23.2 Å². The summed E-state index contributed by atoms with van der Waals surface area (Å²) in [6, 6.07) is 7.11. The Balaban J connectivity index is 2.27. The van der Waals surface area contributed by atoms with E-state index in [0.717, 1.165) is 17.8 Å². The molecule has 1 aromatic carbocycles. The summed E-state index contributed by atoms with van der Waals surface area (Å²) in [6.07, 6.45) is 0. The van der Waals surface area contributed by atoms with Crippen LogP contribution in [0.5, 0.6) is 0 Å². The fourth-order valence-corrected chi connectivity index (χ4v) is 1.84. The summed E-state index contributed by atoms with van der Waals surface area (Å²) < 4.78 is 5.25. The third-order valence-corrected chi connectivity index (χ3v) is 2.87. The number of nitrogens with one attached hydrogen (secondary N) is 1. The quantitative estimate of drug-likeness (QED) is 0.920. The van der Waals surface area contributed by atoms with Crippen LogP contribution in [0.4, 0.5) is 0 Å². The summed E-state index contributed by atoms with van der Waals surface area (Å²) in [5.41, 5.74) is 1.60. The largest absolute Gasteiger partial charge is 0.356 e. The van der Waals surface area contributed by atoms with Gasteiger partial charge in [-0.3, -0.25) is 0 Å². The monoisotopic (exact) mass is 270 g/mol. The minimum Gasteiger partial charge on any atom is -0.356 e. The molecule has 0 fully saturated rings. The van der Waals surface area contributed by atoms with Gasteiger partial charge in [-0.1, -0.05) is 35.3 Å². The zero-order chi connectivity index (χ0) is 12.3. The molecule has 0 bridgehead atoms.